The number of piperidine rings is 1. The lowest BCUT2D eigenvalue weighted by molar-refractivity contribution is 0.321. The minimum absolute atomic E-state index is 0.00372. The van der Waals surface area contributed by atoms with Crippen LogP contribution in [0.5, 0.6) is 5.75 Å². The Morgan fingerprint density at radius 2 is 1.77 bits per heavy atom. The first-order chi connectivity index (χ1) is 10.5. The molecule has 0 spiro atoms. The van der Waals surface area contributed by atoms with E-state index in [-0.39, 0.29) is 10.6 Å². The molecule has 3 rings (SSSR count). The lowest BCUT2D eigenvalue weighted by Gasteiger charge is -2.27. The molecule has 0 bridgehead atoms. The summed E-state index contributed by atoms with van der Waals surface area (Å²) in [5.74, 6) is -0.554. The number of hydrogen-bond donors (Lipinski definition) is 0. The maximum absolute atomic E-state index is 13.9. The van der Waals surface area contributed by atoms with Gasteiger partial charge in [-0.3, -0.25) is 0 Å². The molecule has 4 nitrogen and oxygen atoms in total. The highest BCUT2D eigenvalue weighted by Gasteiger charge is 2.30. The van der Waals surface area contributed by atoms with E-state index < -0.39 is 15.8 Å². The molecule has 1 saturated carbocycles. The van der Waals surface area contributed by atoms with E-state index in [2.05, 4.69) is 0 Å². The molecule has 0 radical (unpaired) electrons. The molecule has 0 unspecified atom stereocenters. The minimum Gasteiger partial charge on any atom is -0.491 e. The van der Waals surface area contributed by atoms with E-state index in [4.69, 9.17) is 4.74 Å². The number of benzene rings is 1. The molecule has 120 valence electrons. The largest absolute Gasteiger partial charge is 0.491 e. The molecule has 1 aliphatic carbocycles. The van der Waals surface area contributed by atoms with E-state index in [1.54, 1.807) is 6.92 Å². The molecule has 1 heterocycles. The van der Waals surface area contributed by atoms with Gasteiger partial charge in [0.05, 0.1) is 11.5 Å². The van der Waals surface area contributed by atoms with Crippen molar-refractivity contribution in [1.82, 2.24) is 4.31 Å². The number of allylic oxidation sites excluding steroid dienone is 1. The van der Waals surface area contributed by atoms with Gasteiger partial charge < -0.3 is 4.74 Å². The van der Waals surface area contributed by atoms with Crippen molar-refractivity contribution in [3.63, 3.8) is 0 Å². The molecule has 0 N–H and O–H groups in total. The molecule has 2 fully saturated rings. The van der Waals surface area contributed by atoms with Gasteiger partial charge in [0.2, 0.25) is 10.0 Å². The van der Waals surface area contributed by atoms with Gasteiger partial charge in [-0.25, -0.2) is 12.8 Å². The number of ether oxygens (including phenoxy) is 1. The second kappa shape index (κ2) is 6.01. The fraction of sp³-hybridized carbons (Fsp3) is 0.500. The van der Waals surface area contributed by atoms with Crippen molar-refractivity contribution in [1.29, 1.82) is 0 Å². The average molecular weight is 325 g/mol. The Kier molecular flexibility index (Phi) is 4.23. The van der Waals surface area contributed by atoms with Gasteiger partial charge in [0.1, 0.15) is 0 Å². The second-order valence-electron chi connectivity index (χ2n) is 5.64. The number of sulfonamides is 1. The molecule has 0 amide bonds. The summed E-state index contributed by atoms with van der Waals surface area (Å²) in [6, 6.07) is 3.85. The fourth-order valence-electron chi connectivity index (χ4n) is 2.83. The first-order valence-corrected chi connectivity index (χ1v) is 9.08. The maximum Gasteiger partial charge on any atom is 0.243 e. The Morgan fingerprint density at radius 1 is 1.14 bits per heavy atom. The van der Waals surface area contributed by atoms with E-state index in [0.29, 0.717) is 19.7 Å². The van der Waals surface area contributed by atoms with Crippen molar-refractivity contribution in [3.8, 4) is 5.75 Å². The molecule has 1 aromatic rings. The Hall–Kier alpha value is -1.40. The fourth-order valence-corrected chi connectivity index (χ4v) is 4.28. The lowest BCUT2D eigenvalue weighted by Crippen LogP contribution is -2.36. The van der Waals surface area contributed by atoms with Crippen molar-refractivity contribution >= 4 is 10.0 Å². The molecule has 6 heteroatoms. The van der Waals surface area contributed by atoms with Crippen LogP contribution < -0.4 is 4.74 Å². The van der Waals surface area contributed by atoms with Crippen molar-refractivity contribution in [2.75, 3.05) is 19.7 Å². The molecule has 1 aliphatic heterocycles. The first kappa shape index (κ1) is 15.5. The summed E-state index contributed by atoms with van der Waals surface area (Å²) in [5, 5.41) is 0. The van der Waals surface area contributed by atoms with E-state index in [1.165, 1.54) is 40.4 Å². The van der Waals surface area contributed by atoms with Crippen LogP contribution in [0.25, 0.3) is 0 Å². The summed E-state index contributed by atoms with van der Waals surface area (Å²) >= 11 is 0. The topological polar surface area (TPSA) is 46.6 Å². The molecular formula is C16H20FNO3S. The van der Waals surface area contributed by atoms with E-state index in [0.717, 1.165) is 18.9 Å². The molecule has 0 aromatic heterocycles. The maximum atomic E-state index is 13.9. The SMILES string of the molecule is CCOc1ccc(S(=O)(=O)N2CCC(=C3CC3)CC2)cc1F. The zero-order valence-corrected chi connectivity index (χ0v) is 13.5. The zero-order chi connectivity index (χ0) is 15.7. The number of halogens is 1. The quantitative estimate of drug-likeness (QED) is 0.799. The van der Waals surface area contributed by atoms with Crippen LogP contribution >= 0.6 is 0 Å². The highest BCUT2D eigenvalue weighted by atomic mass is 32.2. The highest BCUT2D eigenvalue weighted by Crippen LogP contribution is 2.37. The van der Waals surface area contributed by atoms with E-state index in [1.807, 2.05) is 0 Å². The van der Waals surface area contributed by atoms with Crippen LogP contribution in [0.1, 0.15) is 32.6 Å². The Morgan fingerprint density at radius 3 is 2.32 bits per heavy atom. The predicted molar refractivity (Wildman–Crippen MR) is 81.8 cm³/mol. The average Bonchev–Trinajstić information content (AvgIpc) is 3.34. The summed E-state index contributed by atoms with van der Waals surface area (Å²) in [4.78, 5) is -0.00372. The van der Waals surface area contributed by atoms with Gasteiger partial charge in [-0.1, -0.05) is 11.1 Å². The predicted octanol–water partition coefficient (Wildman–Crippen LogP) is 3.10. The van der Waals surface area contributed by atoms with Gasteiger partial charge >= 0.3 is 0 Å². The first-order valence-electron chi connectivity index (χ1n) is 7.64. The number of hydrogen-bond acceptors (Lipinski definition) is 3. The monoisotopic (exact) mass is 325 g/mol. The van der Waals surface area contributed by atoms with Gasteiger partial charge in [-0.05, 0) is 50.8 Å². The molecule has 1 aromatic carbocycles. The van der Waals surface area contributed by atoms with Crippen LogP contribution in [0.3, 0.4) is 0 Å². The van der Waals surface area contributed by atoms with Crippen LogP contribution in [0.2, 0.25) is 0 Å². The second-order valence-corrected chi connectivity index (χ2v) is 7.57. The summed E-state index contributed by atoms with van der Waals surface area (Å²) in [5.41, 5.74) is 2.92. The number of rotatable bonds is 4. The third-order valence-corrected chi connectivity index (χ3v) is 6.06. The number of nitrogens with zero attached hydrogens (tertiary/aromatic N) is 1. The Bertz CT molecular complexity index is 696. The van der Waals surface area contributed by atoms with Crippen LogP contribution in [0.4, 0.5) is 4.39 Å². The van der Waals surface area contributed by atoms with Crippen molar-refractivity contribution in [2.45, 2.75) is 37.5 Å². The molecule has 2 aliphatic rings. The highest BCUT2D eigenvalue weighted by molar-refractivity contribution is 7.89. The van der Waals surface area contributed by atoms with Crippen LogP contribution in [0, 0.1) is 5.82 Å². The van der Waals surface area contributed by atoms with Crippen LogP contribution in [-0.4, -0.2) is 32.4 Å². The minimum atomic E-state index is -3.63. The van der Waals surface area contributed by atoms with Gasteiger partial charge in [-0.2, -0.15) is 4.31 Å². The Balaban J connectivity index is 1.78. The van der Waals surface area contributed by atoms with Crippen molar-refractivity contribution in [2.24, 2.45) is 0 Å². The third kappa shape index (κ3) is 3.03. The normalized spacial score (nSPS) is 19.4. The van der Waals surface area contributed by atoms with Crippen molar-refractivity contribution < 1.29 is 17.5 Å². The molecule has 22 heavy (non-hydrogen) atoms. The van der Waals surface area contributed by atoms with Gasteiger partial charge in [0.15, 0.2) is 11.6 Å². The van der Waals surface area contributed by atoms with E-state index in [9.17, 15) is 12.8 Å². The molecular weight excluding hydrogens is 305 g/mol. The lowest BCUT2D eigenvalue weighted by atomic mass is 10.1. The molecule has 1 saturated heterocycles. The third-order valence-electron chi connectivity index (χ3n) is 4.17. The Labute approximate surface area is 130 Å². The van der Waals surface area contributed by atoms with Gasteiger partial charge in [-0.15, -0.1) is 0 Å². The standard InChI is InChI=1S/C16H20FNO3S/c1-2-21-16-6-5-14(11-15(16)17)22(19,20)18-9-7-13(8-10-18)12-3-4-12/h5-6,11H,2-4,7-10H2,1H3. The van der Waals surface area contributed by atoms with Gasteiger partial charge in [0.25, 0.3) is 0 Å². The van der Waals surface area contributed by atoms with Crippen LogP contribution in [-0.2, 0) is 10.0 Å². The van der Waals surface area contributed by atoms with Gasteiger partial charge in [0, 0.05) is 13.1 Å². The summed E-state index contributed by atoms with van der Waals surface area (Å²) in [6.45, 7) is 3.06. The molecule has 0 atom stereocenters. The van der Waals surface area contributed by atoms with Crippen molar-refractivity contribution in [3.05, 3.63) is 35.2 Å². The van der Waals surface area contributed by atoms with Crippen LogP contribution in [0.15, 0.2) is 34.2 Å². The van der Waals surface area contributed by atoms with E-state index >= 15 is 0 Å². The summed E-state index contributed by atoms with van der Waals surface area (Å²) in [6.07, 6.45) is 3.94. The zero-order valence-electron chi connectivity index (χ0n) is 12.6. The summed E-state index contributed by atoms with van der Waals surface area (Å²) < 4.78 is 45.7. The summed E-state index contributed by atoms with van der Waals surface area (Å²) in [7, 11) is -3.63. The smallest absolute Gasteiger partial charge is 0.243 e.